The first-order valence-electron chi connectivity index (χ1n) is 6.10. The molecule has 0 unspecified atom stereocenters. The van der Waals surface area contributed by atoms with Crippen molar-refractivity contribution >= 4 is 18.5 Å². The number of nitrogens with two attached hydrogens (primary N) is 1. The molecule has 17 heavy (non-hydrogen) atoms. The molecule has 0 saturated heterocycles. The molecule has 0 heterocycles. The largest absolute Gasteiger partial charge is 0.444 e. The number of carbonyl (C=O) groups excluding carboxylic acids is 1. The molecule has 0 aromatic heterocycles. The zero-order valence-electron chi connectivity index (χ0n) is 10.7. The Hall–Kier alpha value is -0.480. The Morgan fingerprint density at radius 2 is 1.88 bits per heavy atom. The summed E-state index contributed by atoms with van der Waals surface area (Å²) < 4.78 is 5.25. The molecule has 2 aliphatic rings. The maximum atomic E-state index is 11.6. The van der Waals surface area contributed by atoms with Gasteiger partial charge in [-0.2, -0.15) is 0 Å². The van der Waals surface area contributed by atoms with Crippen LogP contribution < -0.4 is 11.1 Å². The van der Waals surface area contributed by atoms with Gasteiger partial charge in [0.1, 0.15) is 5.60 Å². The predicted octanol–water partition coefficient (Wildman–Crippen LogP) is 2.06. The molecule has 2 saturated carbocycles. The minimum atomic E-state index is -0.419. The van der Waals surface area contributed by atoms with Crippen molar-refractivity contribution in [2.24, 2.45) is 17.6 Å². The van der Waals surface area contributed by atoms with Crippen molar-refractivity contribution in [3.8, 4) is 0 Å². The summed E-state index contributed by atoms with van der Waals surface area (Å²) >= 11 is 0. The van der Waals surface area contributed by atoms with Crippen LogP contribution in [0.3, 0.4) is 0 Å². The molecule has 0 aromatic carbocycles. The number of amides is 1. The van der Waals surface area contributed by atoms with Gasteiger partial charge in [0.15, 0.2) is 0 Å². The number of carbonyl (C=O) groups is 1. The van der Waals surface area contributed by atoms with Crippen molar-refractivity contribution in [1.29, 1.82) is 0 Å². The molecular formula is C12H23ClN2O2. The van der Waals surface area contributed by atoms with E-state index in [1.165, 1.54) is 6.42 Å². The molecule has 0 aromatic rings. The molecular weight excluding hydrogens is 240 g/mol. The van der Waals surface area contributed by atoms with Crippen LogP contribution in [0.1, 0.15) is 40.0 Å². The quantitative estimate of drug-likeness (QED) is 0.760. The lowest BCUT2D eigenvalue weighted by molar-refractivity contribution is 0.0485. The zero-order valence-corrected chi connectivity index (χ0v) is 11.5. The Morgan fingerprint density at radius 1 is 1.24 bits per heavy atom. The van der Waals surface area contributed by atoms with Crippen molar-refractivity contribution in [3.05, 3.63) is 0 Å². The van der Waals surface area contributed by atoms with Crippen LogP contribution in [0.5, 0.6) is 0 Å². The molecule has 2 bridgehead atoms. The number of nitrogens with one attached hydrogen (secondary N) is 1. The van der Waals surface area contributed by atoms with Gasteiger partial charge in [-0.3, -0.25) is 0 Å². The van der Waals surface area contributed by atoms with Gasteiger partial charge < -0.3 is 15.8 Å². The summed E-state index contributed by atoms with van der Waals surface area (Å²) in [6, 6.07) is 0.626. The zero-order chi connectivity index (χ0) is 11.9. The minimum absolute atomic E-state index is 0. The van der Waals surface area contributed by atoms with E-state index < -0.39 is 5.60 Å². The number of hydrogen-bond donors (Lipinski definition) is 2. The van der Waals surface area contributed by atoms with E-state index in [0.717, 1.165) is 12.8 Å². The van der Waals surface area contributed by atoms with E-state index in [9.17, 15) is 4.79 Å². The van der Waals surface area contributed by atoms with E-state index in [1.54, 1.807) is 0 Å². The highest BCUT2D eigenvalue weighted by Crippen LogP contribution is 2.43. The van der Waals surface area contributed by atoms with E-state index in [0.29, 0.717) is 17.9 Å². The first-order valence-corrected chi connectivity index (χ1v) is 6.10. The Bertz CT molecular complexity index is 289. The summed E-state index contributed by atoms with van der Waals surface area (Å²) in [5, 5.41) is 2.97. The van der Waals surface area contributed by atoms with Crippen molar-refractivity contribution in [2.45, 2.75) is 57.7 Å². The smallest absolute Gasteiger partial charge is 0.407 e. The minimum Gasteiger partial charge on any atom is -0.444 e. The third-order valence-electron chi connectivity index (χ3n) is 3.61. The summed E-state index contributed by atoms with van der Waals surface area (Å²) in [7, 11) is 0. The van der Waals surface area contributed by atoms with E-state index in [4.69, 9.17) is 10.5 Å². The number of alkyl carbamates (subject to hydrolysis) is 1. The summed E-state index contributed by atoms with van der Waals surface area (Å²) in [6.07, 6.45) is 2.94. The lowest BCUT2D eigenvalue weighted by atomic mass is 9.92. The number of ether oxygens (including phenoxy) is 1. The topological polar surface area (TPSA) is 64.3 Å². The second-order valence-electron chi connectivity index (χ2n) is 6.14. The second-order valence-corrected chi connectivity index (χ2v) is 6.14. The van der Waals surface area contributed by atoms with Gasteiger partial charge in [0, 0.05) is 12.1 Å². The molecule has 0 radical (unpaired) electrons. The van der Waals surface area contributed by atoms with Crippen LogP contribution >= 0.6 is 12.4 Å². The third kappa shape index (κ3) is 3.49. The first kappa shape index (κ1) is 14.6. The molecule has 3 N–H and O–H groups in total. The summed E-state index contributed by atoms with van der Waals surface area (Å²) in [4.78, 5) is 11.6. The fourth-order valence-electron chi connectivity index (χ4n) is 2.96. The van der Waals surface area contributed by atoms with Gasteiger partial charge in [-0.25, -0.2) is 4.79 Å². The Balaban J connectivity index is 0.00000144. The van der Waals surface area contributed by atoms with Crippen molar-refractivity contribution in [3.63, 3.8) is 0 Å². The second kappa shape index (κ2) is 5.02. The van der Waals surface area contributed by atoms with E-state index in [1.807, 2.05) is 20.8 Å². The van der Waals surface area contributed by atoms with Crippen LogP contribution in [0.15, 0.2) is 0 Å². The van der Waals surface area contributed by atoms with E-state index >= 15 is 0 Å². The van der Waals surface area contributed by atoms with Gasteiger partial charge in [-0.15, -0.1) is 12.4 Å². The lowest BCUT2D eigenvalue weighted by Crippen LogP contribution is -2.44. The van der Waals surface area contributed by atoms with E-state index in [2.05, 4.69) is 5.32 Å². The molecule has 2 rings (SSSR count). The highest BCUT2D eigenvalue weighted by atomic mass is 35.5. The Kier molecular flexibility index (Phi) is 4.31. The number of fused-ring (bicyclic) bond motifs is 2. The molecule has 1 amide bonds. The maximum Gasteiger partial charge on any atom is 0.407 e. The van der Waals surface area contributed by atoms with Crippen LogP contribution in [0.4, 0.5) is 4.79 Å². The Morgan fingerprint density at radius 3 is 2.29 bits per heavy atom. The highest BCUT2D eigenvalue weighted by Gasteiger charge is 2.45. The molecule has 0 spiro atoms. The fourth-order valence-corrected chi connectivity index (χ4v) is 2.96. The normalized spacial score (nSPS) is 35.3. The predicted molar refractivity (Wildman–Crippen MR) is 69.2 cm³/mol. The van der Waals surface area contributed by atoms with Gasteiger partial charge in [0.2, 0.25) is 0 Å². The lowest BCUT2D eigenvalue weighted by Gasteiger charge is -2.28. The van der Waals surface area contributed by atoms with Gasteiger partial charge in [0.05, 0.1) is 0 Å². The summed E-state index contributed by atoms with van der Waals surface area (Å²) in [6.45, 7) is 5.63. The number of hydrogen-bond acceptors (Lipinski definition) is 3. The average Bonchev–Trinajstić information content (AvgIpc) is 2.58. The molecule has 2 aliphatic carbocycles. The third-order valence-corrected chi connectivity index (χ3v) is 3.61. The maximum absolute atomic E-state index is 11.6. The first-order chi connectivity index (χ1) is 7.35. The van der Waals surface area contributed by atoms with Crippen LogP contribution in [-0.2, 0) is 4.74 Å². The van der Waals surface area contributed by atoms with Crippen molar-refractivity contribution in [1.82, 2.24) is 5.32 Å². The van der Waals surface area contributed by atoms with Crippen molar-refractivity contribution < 1.29 is 9.53 Å². The number of rotatable bonds is 1. The van der Waals surface area contributed by atoms with E-state index in [-0.39, 0.29) is 24.5 Å². The molecule has 2 fully saturated rings. The highest BCUT2D eigenvalue weighted by molar-refractivity contribution is 5.85. The summed E-state index contributed by atoms with van der Waals surface area (Å²) in [5.74, 6) is 1.16. The average molecular weight is 263 g/mol. The van der Waals surface area contributed by atoms with Gasteiger partial charge in [-0.05, 0) is 51.9 Å². The molecule has 4 nitrogen and oxygen atoms in total. The Labute approximate surface area is 109 Å². The molecule has 0 aliphatic heterocycles. The summed E-state index contributed by atoms with van der Waals surface area (Å²) in [5.41, 5.74) is 5.55. The van der Waals surface area contributed by atoms with Crippen molar-refractivity contribution in [2.75, 3.05) is 0 Å². The van der Waals surface area contributed by atoms with Gasteiger partial charge >= 0.3 is 6.09 Å². The SMILES string of the molecule is CC(C)(C)OC(=O)N[C@@H]1C[C@H]2C[C@@H]1C[C@H]2N.Cl. The van der Waals surface area contributed by atoms with Crippen LogP contribution in [0, 0.1) is 11.8 Å². The monoisotopic (exact) mass is 262 g/mol. The number of halogens is 1. The van der Waals surface area contributed by atoms with Crippen LogP contribution in [-0.4, -0.2) is 23.8 Å². The van der Waals surface area contributed by atoms with Gasteiger partial charge in [-0.1, -0.05) is 0 Å². The fraction of sp³-hybridized carbons (Fsp3) is 0.917. The molecule has 100 valence electrons. The molecule has 4 atom stereocenters. The van der Waals surface area contributed by atoms with Crippen LogP contribution in [0.2, 0.25) is 0 Å². The van der Waals surface area contributed by atoms with Crippen LogP contribution in [0.25, 0.3) is 0 Å². The molecule has 5 heteroatoms. The standard InChI is InChI=1S/C12H22N2O2.ClH/c1-12(2,3)16-11(15)14-10-6-7-4-8(10)5-9(7)13;/h7-10H,4-6,13H2,1-3H3,(H,14,15);1H/t7-,8-,9-,10-;/m1./s1. The van der Waals surface area contributed by atoms with Gasteiger partial charge in [0.25, 0.3) is 0 Å².